The van der Waals surface area contributed by atoms with Crippen molar-refractivity contribution in [3.8, 4) is 0 Å². The maximum Gasteiger partial charge on any atom is 0.153 e. The van der Waals surface area contributed by atoms with E-state index in [0.29, 0.717) is 0 Å². The number of unbranched alkanes of at least 4 members (excludes halogenated alkanes) is 3. The van der Waals surface area contributed by atoms with E-state index in [-0.39, 0.29) is 0 Å². The van der Waals surface area contributed by atoms with Gasteiger partial charge < -0.3 is 0 Å². The van der Waals surface area contributed by atoms with Crippen LogP contribution in [0, 0.1) is 13.8 Å². The van der Waals surface area contributed by atoms with Gasteiger partial charge in [-0.1, -0.05) is 12.5 Å². The van der Waals surface area contributed by atoms with Crippen LogP contribution in [0.1, 0.15) is 47.4 Å². The summed E-state index contributed by atoms with van der Waals surface area (Å²) in [6, 6.07) is 0. The lowest BCUT2D eigenvalue weighted by molar-refractivity contribution is 0.112. The van der Waals surface area contributed by atoms with Crippen LogP contribution in [-0.4, -0.2) is 16.1 Å². The molecule has 0 bridgehead atoms. The van der Waals surface area contributed by atoms with Crippen LogP contribution in [0.25, 0.3) is 0 Å². The molecule has 3 heteroatoms. The number of carbonyl (C=O) groups excluding carboxylic acids is 1. The zero-order chi connectivity index (χ0) is 12.0. The third-order valence-corrected chi connectivity index (χ3v) is 2.83. The van der Waals surface area contributed by atoms with Gasteiger partial charge in [-0.2, -0.15) is 5.10 Å². The predicted molar refractivity (Wildman–Crippen MR) is 65.8 cm³/mol. The number of hydrogen-bond acceptors (Lipinski definition) is 2. The Labute approximate surface area is 97.2 Å². The number of aryl methyl sites for hydroxylation is 2. The molecule has 0 aliphatic carbocycles. The maximum atomic E-state index is 10.8. The molecule has 1 rings (SSSR count). The van der Waals surface area contributed by atoms with Gasteiger partial charge in [-0.25, -0.2) is 0 Å². The molecule has 1 heterocycles. The van der Waals surface area contributed by atoms with Gasteiger partial charge in [0.1, 0.15) is 0 Å². The van der Waals surface area contributed by atoms with Crippen LogP contribution in [0.15, 0.2) is 12.7 Å². The summed E-state index contributed by atoms with van der Waals surface area (Å²) in [6.45, 7) is 8.43. The van der Waals surface area contributed by atoms with Gasteiger partial charge in [0.2, 0.25) is 0 Å². The van der Waals surface area contributed by atoms with Gasteiger partial charge in [0, 0.05) is 12.2 Å². The fourth-order valence-electron chi connectivity index (χ4n) is 1.83. The zero-order valence-electron chi connectivity index (χ0n) is 10.2. The van der Waals surface area contributed by atoms with E-state index in [9.17, 15) is 4.79 Å². The van der Waals surface area contributed by atoms with E-state index in [1.54, 1.807) is 0 Å². The topological polar surface area (TPSA) is 34.9 Å². The Kier molecular flexibility index (Phi) is 4.96. The van der Waals surface area contributed by atoms with Crippen molar-refractivity contribution in [2.75, 3.05) is 0 Å². The van der Waals surface area contributed by atoms with Crippen LogP contribution < -0.4 is 0 Å². The summed E-state index contributed by atoms with van der Waals surface area (Å²) >= 11 is 0. The van der Waals surface area contributed by atoms with Gasteiger partial charge in [-0.15, -0.1) is 6.58 Å². The molecule has 0 aliphatic heterocycles. The maximum absolute atomic E-state index is 10.8. The first kappa shape index (κ1) is 12.7. The quantitative estimate of drug-likeness (QED) is 0.402. The second kappa shape index (κ2) is 6.26. The molecule has 1 aromatic heterocycles. The molecule has 0 atom stereocenters. The minimum Gasteiger partial charge on any atom is -0.298 e. The van der Waals surface area contributed by atoms with Crippen molar-refractivity contribution in [3.05, 3.63) is 29.6 Å². The molecule has 0 saturated heterocycles. The molecule has 0 N–H and O–H groups in total. The van der Waals surface area contributed by atoms with E-state index < -0.39 is 0 Å². The normalized spacial score (nSPS) is 10.4. The monoisotopic (exact) mass is 220 g/mol. The predicted octanol–water partition coefficient (Wildman–Crippen LogP) is 3.06. The van der Waals surface area contributed by atoms with E-state index in [1.807, 2.05) is 24.6 Å². The highest BCUT2D eigenvalue weighted by Gasteiger charge is 2.09. The average Bonchev–Trinajstić information content (AvgIpc) is 2.53. The average molecular weight is 220 g/mol. The van der Waals surface area contributed by atoms with E-state index in [4.69, 9.17) is 0 Å². The number of rotatable bonds is 7. The lowest BCUT2D eigenvalue weighted by atomic mass is 10.2. The van der Waals surface area contributed by atoms with Gasteiger partial charge in [0.05, 0.1) is 11.3 Å². The zero-order valence-corrected chi connectivity index (χ0v) is 10.2. The molecule has 0 radical (unpaired) electrons. The lowest BCUT2D eigenvalue weighted by Crippen LogP contribution is -2.02. The molecule has 0 aliphatic rings. The number of allylic oxidation sites excluding steroid dienone is 1. The smallest absolute Gasteiger partial charge is 0.153 e. The second-order valence-corrected chi connectivity index (χ2v) is 4.06. The minimum atomic E-state index is 0.742. The molecule has 16 heavy (non-hydrogen) atoms. The van der Waals surface area contributed by atoms with Crippen molar-refractivity contribution < 1.29 is 4.79 Å². The largest absolute Gasteiger partial charge is 0.298 e. The van der Waals surface area contributed by atoms with Crippen molar-refractivity contribution in [3.63, 3.8) is 0 Å². The highest BCUT2D eigenvalue weighted by molar-refractivity contribution is 5.77. The van der Waals surface area contributed by atoms with E-state index in [0.717, 1.165) is 42.6 Å². The first-order valence-corrected chi connectivity index (χ1v) is 5.80. The van der Waals surface area contributed by atoms with Gasteiger partial charge >= 0.3 is 0 Å². The fraction of sp³-hybridized carbons (Fsp3) is 0.538. The number of carbonyl (C=O) groups is 1. The molecule has 0 aromatic carbocycles. The van der Waals surface area contributed by atoms with Crippen molar-refractivity contribution in [2.24, 2.45) is 0 Å². The Balaban J connectivity index is 2.48. The van der Waals surface area contributed by atoms with Gasteiger partial charge in [-0.05, 0) is 33.1 Å². The highest BCUT2D eigenvalue weighted by atomic mass is 16.1. The van der Waals surface area contributed by atoms with Gasteiger partial charge in [-0.3, -0.25) is 9.48 Å². The molecular formula is C13H20N2O. The van der Waals surface area contributed by atoms with E-state index in [2.05, 4.69) is 11.7 Å². The lowest BCUT2D eigenvalue weighted by Gasteiger charge is -2.03. The molecule has 0 fully saturated rings. The van der Waals surface area contributed by atoms with Crippen LogP contribution in [0.4, 0.5) is 0 Å². The Morgan fingerprint density at radius 1 is 1.31 bits per heavy atom. The molecule has 0 spiro atoms. The summed E-state index contributed by atoms with van der Waals surface area (Å²) in [4.78, 5) is 10.8. The summed E-state index contributed by atoms with van der Waals surface area (Å²) in [7, 11) is 0. The summed E-state index contributed by atoms with van der Waals surface area (Å²) in [5.41, 5.74) is 2.56. The van der Waals surface area contributed by atoms with E-state index in [1.165, 1.54) is 12.8 Å². The van der Waals surface area contributed by atoms with Crippen LogP contribution in [0.3, 0.4) is 0 Å². The summed E-state index contributed by atoms with van der Waals surface area (Å²) in [5, 5.41) is 4.36. The van der Waals surface area contributed by atoms with Crippen molar-refractivity contribution in [2.45, 2.75) is 46.1 Å². The molecule has 3 nitrogen and oxygen atoms in total. The van der Waals surface area contributed by atoms with Crippen molar-refractivity contribution >= 4 is 6.29 Å². The van der Waals surface area contributed by atoms with Crippen LogP contribution >= 0.6 is 0 Å². The molecule has 88 valence electrons. The standard InChI is InChI=1S/C13H20N2O/c1-4-5-6-7-8-9-15-12(3)13(10-16)11(2)14-15/h4,10H,1,5-9H2,2-3H3. The highest BCUT2D eigenvalue weighted by Crippen LogP contribution is 2.11. The fourth-order valence-corrected chi connectivity index (χ4v) is 1.83. The molecule has 0 amide bonds. The Morgan fingerprint density at radius 3 is 2.62 bits per heavy atom. The molecule has 0 unspecified atom stereocenters. The van der Waals surface area contributed by atoms with Gasteiger partial charge in [0.25, 0.3) is 0 Å². The molecule has 1 aromatic rings. The van der Waals surface area contributed by atoms with Crippen LogP contribution in [0.5, 0.6) is 0 Å². The molecular weight excluding hydrogens is 200 g/mol. The first-order valence-electron chi connectivity index (χ1n) is 5.80. The van der Waals surface area contributed by atoms with Gasteiger partial charge in [0.15, 0.2) is 6.29 Å². The summed E-state index contributed by atoms with van der Waals surface area (Å²) in [6.07, 6.45) is 7.40. The number of aldehydes is 1. The third kappa shape index (κ3) is 3.05. The second-order valence-electron chi connectivity index (χ2n) is 4.06. The summed E-state index contributed by atoms with van der Waals surface area (Å²) in [5.74, 6) is 0. The number of nitrogens with zero attached hydrogens (tertiary/aromatic N) is 2. The number of aromatic nitrogens is 2. The van der Waals surface area contributed by atoms with Crippen LogP contribution in [0.2, 0.25) is 0 Å². The minimum absolute atomic E-state index is 0.742. The van der Waals surface area contributed by atoms with Crippen LogP contribution in [-0.2, 0) is 6.54 Å². The number of hydrogen-bond donors (Lipinski definition) is 0. The Morgan fingerprint density at radius 2 is 2.06 bits per heavy atom. The Hall–Kier alpha value is -1.38. The summed E-state index contributed by atoms with van der Waals surface area (Å²) < 4.78 is 1.94. The first-order chi connectivity index (χ1) is 7.70. The van der Waals surface area contributed by atoms with E-state index >= 15 is 0 Å². The van der Waals surface area contributed by atoms with Crippen molar-refractivity contribution in [1.29, 1.82) is 0 Å². The molecule has 0 saturated carbocycles. The SMILES string of the molecule is C=CCCCCCn1nc(C)c(C=O)c1C. The third-order valence-electron chi connectivity index (χ3n) is 2.83. The Bertz CT molecular complexity index is 366. The van der Waals surface area contributed by atoms with Crippen molar-refractivity contribution in [1.82, 2.24) is 9.78 Å².